The molecule has 0 radical (unpaired) electrons. The number of allylic oxidation sites excluding steroid dienone is 3. The Bertz CT molecular complexity index is 545. The molecule has 0 bridgehead atoms. The fraction of sp³-hybridized carbons (Fsp3) is 0.250. The van der Waals surface area contributed by atoms with E-state index in [1.54, 1.807) is 11.6 Å². The highest BCUT2D eigenvalue weighted by Gasteiger charge is 2.10. The molecule has 0 atom stereocenters. The minimum Gasteiger partial charge on any atom is -0.288 e. The van der Waals surface area contributed by atoms with E-state index in [1.807, 2.05) is 36.4 Å². The number of carbonyl (C=O) groups is 1. The van der Waals surface area contributed by atoms with E-state index in [-0.39, 0.29) is 0 Å². The number of hydroxylamine groups is 1. The third kappa shape index (κ3) is 4.17. The second-order valence-corrected chi connectivity index (χ2v) is 4.63. The van der Waals surface area contributed by atoms with Gasteiger partial charge in [0.15, 0.2) is 0 Å². The first-order valence-corrected chi connectivity index (χ1v) is 6.69. The Morgan fingerprint density at radius 3 is 2.85 bits per heavy atom. The van der Waals surface area contributed by atoms with E-state index in [4.69, 9.17) is 5.21 Å². The van der Waals surface area contributed by atoms with Gasteiger partial charge in [-0.1, -0.05) is 36.4 Å². The van der Waals surface area contributed by atoms with Crippen LogP contribution in [-0.4, -0.2) is 16.8 Å². The number of hydrogen-bond donors (Lipinski definition) is 2. The summed E-state index contributed by atoms with van der Waals surface area (Å²) in [5, 5.41) is 8.75. The predicted octanol–water partition coefficient (Wildman–Crippen LogP) is 2.80. The molecule has 1 aliphatic carbocycles. The molecule has 1 amide bonds. The highest BCUT2D eigenvalue weighted by atomic mass is 16.5. The summed E-state index contributed by atoms with van der Waals surface area (Å²) < 4.78 is 0. The van der Waals surface area contributed by atoms with Crippen LogP contribution in [0.25, 0.3) is 0 Å². The first-order valence-electron chi connectivity index (χ1n) is 6.69. The van der Waals surface area contributed by atoms with Crippen molar-refractivity contribution in [2.24, 2.45) is 4.99 Å². The fourth-order valence-corrected chi connectivity index (χ4v) is 2.03. The van der Waals surface area contributed by atoms with Gasteiger partial charge in [0.2, 0.25) is 0 Å². The number of carbonyl (C=O) groups excluding carboxylic acids is 1. The Morgan fingerprint density at radius 1 is 1.30 bits per heavy atom. The van der Waals surface area contributed by atoms with Gasteiger partial charge in [0.05, 0.1) is 12.3 Å². The first kappa shape index (κ1) is 14.2. The average Bonchev–Trinajstić information content (AvgIpc) is 2.46. The summed E-state index contributed by atoms with van der Waals surface area (Å²) in [6.07, 6.45) is 8.16. The zero-order valence-electron chi connectivity index (χ0n) is 11.2. The molecule has 0 aromatic heterocycles. The maximum atomic E-state index is 11.5. The number of nitrogens with one attached hydrogen (secondary N) is 1. The zero-order chi connectivity index (χ0) is 14.2. The molecule has 0 saturated heterocycles. The lowest BCUT2D eigenvalue weighted by Gasteiger charge is -2.08. The maximum absolute atomic E-state index is 11.5. The van der Waals surface area contributed by atoms with Gasteiger partial charge in [-0.3, -0.25) is 15.0 Å². The Kier molecular flexibility index (Phi) is 5.26. The van der Waals surface area contributed by atoms with Crippen molar-refractivity contribution >= 4 is 11.6 Å². The van der Waals surface area contributed by atoms with Gasteiger partial charge in [0, 0.05) is 5.57 Å². The highest BCUT2D eigenvalue weighted by Crippen LogP contribution is 2.13. The van der Waals surface area contributed by atoms with Crippen molar-refractivity contribution in [2.75, 3.05) is 0 Å². The second kappa shape index (κ2) is 7.40. The van der Waals surface area contributed by atoms with Crippen LogP contribution in [0.3, 0.4) is 0 Å². The number of nitrogens with zero attached hydrogens (tertiary/aromatic N) is 1. The minimum atomic E-state index is -0.451. The number of rotatable bonds is 3. The summed E-state index contributed by atoms with van der Waals surface area (Å²) >= 11 is 0. The lowest BCUT2D eigenvalue weighted by atomic mass is 10.0. The summed E-state index contributed by atoms with van der Waals surface area (Å²) in [4.78, 5) is 16.1. The van der Waals surface area contributed by atoms with Crippen LogP contribution in [0.15, 0.2) is 59.1 Å². The van der Waals surface area contributed by atoms with Crippen LogP contribution in [0.5, 0.6) is 0 Å². The van der Waals surface area contributed by atoms with Gasteiger partial charge in [-0.2, -0.15) is 0 Å². The van der Waals surface area contributed by atoms with Crippen LogP contribution in [-0.2, 0) is 11.3 Å². The molecule has 0 spiro atoms. The predicted molar refractivity (Wildman–Crippen MR) is 78.6 cm³/mol. The van der Waals surface area contributed by atoms with E-state index >= 15 is 0 Å². The van der Waals surface area contributed by atoms with Gasteiger partial charge in [-0.15, -0.1) is 0 Å². The standard InChI is InChI=1S/C16H18N2O2/c19-16(18-20)14-9-5-2-6-10-15(11-14)17-12-13-7-3-1-4-8-13/h1,3-4,6-8,10-11,20H,2,5,9,12H2,(H,18,19)/b10-6-,14-11?,17-15?. The lowest BCUT2D eigenvalue weighted by molar-refractivity contribution is -0.125. The number of amides is 1. The SMILES string of the molecule is O=C(NO)C1=CC(=NCc2ccccc2)/C=C\CCC1. The summed E-state index contributed by atoms with van der Waals surface area (Å²) in [6, 6.07) is 9.95. The van der Waals surface area contributed by atoms with Crippen molar-refractivity contribution in [1.29, 1.82) is 0 Å². The third-order valence-electron chi connectivity index (χ3n) is 3.11. The van der Waals surface area contributed by atoms with Crippen molar-refractivity contribution in [3.05, 3.63) is 59.7 Å². The van der Waals surface area contributed by atoms with E-state index in [9.17, 15) is 4.79 Å². The quantitative estimate of drug-likeness (QED) is 0.655. The van der Waals surface area contributed by atoms with Gasteiger partial charge >= 0.3 is 0 Å². The van der Waals surface area contributed by atoms with Gasteiger partial charge in [0.25, 0.3) is 5.91 Å². The van der Waals surface area contributed by atoms with Crippen LogP contribution in [0.2, 0.25) is 0 Å². The summed E-state index contributed by atoms with van der Waals surface area (Å²) in [5.74, 6) is -0.451. The number of benzene rings is 1. The minimum absolute atomic E-state index is 0.451. The van der Waals surface area contributed by atoms with Gasteiger partial charge in [-0.25, -0.2) is 5.48 Å². The molecule has 2 rings (SSSR count). The molecular weight excluding hydrogens is 252 g/mol. The monoisotopic (exact) mass is 270 g/mol. The van der Waals surface area contributed by atoms with Crippen molar-refractivity contribution in [1.82, 2.24) is 5.48 Å². The van der Waals surface area contributed by atoms with Crippen molar-refractivity contribution in [3.8, 4) is 0 Å². The smallest absolute Gasteiger partial charge is 0.270 e. The molecular formula is C16H18N2O2. The molecule has 2 N–H and O–H groups in total. The van der Waals surface area contributed by atoms with Gasteiger partial charge in [-0.05, 0) is 37.0 Å². The maximum Gasteiger partial charge on any atom is 0.270 e. The first-order chi connectivity index (χ1) is 9.79. The zero-order valence-corrected chi connectivity index (χ0v) is 11.2. The molecule has 0 saturated carbocycles. The van der Waals surface area contributed by atoms with Crippen LogP contribution in [0.4, 0.5) is 0 Å². The van der Waals surface area contributed by atoms with Gasteiger partial charge < -0.3 is 0 Å². The Labute approximate surface area is 118 Å². The van der Waals surface area contributed by atoms with E-state index in [2.05, 4.69) is 11.1 Å². The summed E-state index contributed by atoms with van der Waals surface area (Å²) in [5.41, 5.74) is 4.13. The van der Waals surface area contributed by atoms with Crippen LogP contribution < -0.4 is 5.48 Å². The van der Waals surface area contributed by atoms with E-state index in [0.717, 1.165) is 24.1 Å². The molecule has 4 nitrogen and oxygen atoms in total. The molecule has 20 heavy (non-hydrogen) atoms. The summed E-state index contributed by atoms with van der Waals surface area (Å²) in [6.45, 7) is 0.574. The molecule has 0 heterocycles. The molecule has 0 fully saturated rings. The molecule has 0 aliphatic heterocycles. The van der Waals surface area contributed by atoms with E-state index in [1.165, 1.54) is 0 Å². The fourth-order valence-electron chi connectivity index (χ4n) is 2.03. The molecule has 1 aromatic carbocycles. The highest BCUT2D eigenvalue weighted by molar-refractivity contribution is 6.09. The number of aliphatic imine (C=N–C) groups is 1. The largest absolute Gasteiger partial charge is 0.288 e. The molecule has 104 valence electrons. The van der Waals surface area contributed by atoms with E-state index < -0.39 is 5.91 Å². The van der Waals surface area contributed by atoms with Gasteiger partial charge in [0.1, 0.15) is 0 Å². The van der Waals surface area contributed by atoms with Crippen LogP contribution in [0.1, 0.15) is 24.8 Å². The Morgan fingerprint density at radius 2 is 2.10 bits per heavy atom. The van der Waals surface area contributed by atoms with Crippen LogP contribution >= 0.6 is 0 Å². The number of hydrogen-bond acceptors (Lipinski definition) is 3. The molecule has 1 aromatic rings. The summed E-state index contributed by atoms with van der Waals surface area (Å²) in [7, 11) is 0. The average molecular weight is 270 g/mol. The normalized spacial score (nSPS) is 18.9. The molecule has 4 heteroatoms. The molecule has 0 unspecified atom stereocenters. The molecule has 1 aliphatic rings. The third-order valence-corrected chi connectivity index (χ3v) is 3.11. The lowest BCUT2D eigenvalue weighted by Crippen LogP contribution is -2.21. The Hall–Kier alpha value is -2.20. The topological polar surface area (TPSA) is 61.7 Å². The Balaban J connectivity index is 2.17. The second-order valence-electron chi connectivity index (χ2n) is 4.63. The van der Waals surface area contributed by atoms with Crippen molar-refractivity contribution in [3.63, 3.8) is 0 Å². The van der Waals surface area contributed by atoms with Crippen molar-refractivity contribution < 1.29 is 10.0 Å². The van der Waals surface area contributed by atoms with Crippen molar-refractivity contribution in [2.45, 2.75) is 25.8 Å². The van der Waals surface area contributed by atoms with Crippen LogP contribution in [0, 0.1) is 0 Å². The van der Waals surface area contributed by atoms with E-state index in [0.29, 0.717) is 18.5 Å².